The van der Waals surface area contributed by atoms with Crippen molar-refractivity contribution < 1.29 is 9.59 Å². The van der Waals surface area contributed by atoms with Gasteiger partial charge in [0.2, 0.25) is 11.6 Å². The van der Waals surface area contributed by atoms with Gasteiger partial charge in [-0.25, -0.2) is 5.01 Å². The minimum Gasteiger partial charge on any atom is -0.289 e. The average molecular weight is 154 g/mol. The van der Waals surface area contributed by atoms with E-state index in [0.717, 1.165) is 19.4 Å². The van der Waals surface area contributed by atoms with Crippen LogP contribution >= 0.6 is 0 Å². The molecule has 2 aliphatic heterocycles. The van der Waals surface area contributed by atoms with Crippen molar-refractivity contribution in [3.8, 4) is 0 Å². The molecule has 0 aromatic heterocycles. The zero-order valence-electron chi connectivity index (χ0n) is 6.17. The Morgan fingerprint density at radius 1 is 1.45 bits per heavy atom. The molecule has 0 aromatic carbocycles. The molecule has 1 atom stereocenters. The van der Waals surface area contributed by atoms with E-state index in [2.05, 4.69) is 5.43 Å². The Morgan fingerprint density at radius 2 is 2.27 bits per heavy atom. The van der Waals surface area contributed by atoms with E-state index in [1.165, 1.54) is 0 Å². The number of hydrazine groups is 1. The minimum atomic E-state index is -0.246. The Labute approximate surface area is 64.5 Å². The van der Waals surface area contributed by atoms with Crippen molar-refractivity contribution in [1.82, 2.24) is 10.4 Å². The zero-order chi connectivity index (χ0) is 7.84. The second-order valence-corrected chi connectivity index (χ2v) is 2.98. The summed E-state index contributed by atoms with van der Waals surface area (Å²) in [4.78, 5) is 22.0. The number of nitrogens with one attached hydrogen (secondary N) is 1. The van der Waals surface area contributed by atoms with E-state index in [9.17, 15) is 9.59 Å². The summed E-state index contributed by atoms with van der Waals surface area (Å²) in [5.41, 5.74) is 3.03. The SMILES string of the molecule is O=C1CN2NCCCC2C1=O. The molecule has 4 nitrogen and oxygen atoms in total. The molecule has 0 aromatic rings. The lowest BCUT2D eigenvalue weighted by atomic mass is 10.1. The second kappa shape index (κ2) is 2.39. The first-order chi connectivity index (χ1) is 5.29. The summed E-state index contributed by atoms with van der Waals surface area (Å²) in [6.45, 7) is 1.15. The first-order valence-corrected chi connectivity index (χ1v) is 3.86. The molecule has 1 N–H and O–H groups in total. The van der Waals surface area contributed by atoms with E-state index >= 15 is 0 Å². The minimum absolute atomic E-state index is 0.156. The van der Waals surface area contributed by atoms with E-state index in [4.69, 9.17) is 0 Å². The molecule has 0 saturated carbocycles. The van der Waals surface area contributed by atoms with Crippen LogP contribution in [0, 0.1) is 0 Å². The van der Waals surface area contributed by atoms with Crippen LogP contribution in [0.15, 0.2) is 0 Å². The maximum Gasteiger partial charge on any atom is 0.218 e. The molecule has 11 heavy (non-hydrogen) atoms. The lowest BCUT2D eigenvalue weighted by molar-refractivity contribution is -0.134. The van der Waals surface area contributed by atoms with Crippen LogP contribution in [0.1, 0.15) is 12.8 Å². The summed E-state index contributed by atoms with van der Waals surface area (Å²) in [7, 11) is 0. The molecule has 2 heterocycles. The fourth-order valence-corrected chi connectivity index (χ4v) is 1.64. The van der Waals surface area contributed by atoms with E-state index in [-0.39, 0.29) is 24.2 Å². The van der Waals surface area contributed by atoms with Gasteiger partial charge < -0.3 is 0 Å². The van der Waals surface area contributed by atoms with Crippen molar-refractivity contribution in [3.63, 3.8) is 0 Å². The lowest BCUT2D eigenvalue weighted by Crippen LogP contribution is -2.47. The lowest BCUT2D eigenvalue weighted by Gasteiger charge is -2.27. The van der Waals surface area contributed by atoms with Gasteiger partial charge in [0.05, 0.1) is 12.6 Å². The molecule has 1 unspecified atom stereocenters. The normalized spacial score (nSPS) is 32.5. The van der Waals surface area contributed by atoms with Crippen LogP contribution in [0.25, 0.3) is 0 Å². The third-order valence-corrected chi connectivity index (χ3v) is 2.24. The van der Waals surface area contributed by atoms with Gasteiger partial charge in [-0.15, -0.1) is 0 Å². The van der Waals surface area contributed by atoms with Gasteiger partial charge in [-0.2, -0.15) is 0 Å². The zero-order valence-corrected chi connectivity index (χ0v) is 6.17. The molecule has 60 valence electrons. The average Bonchev–Trinajstić information content (AvgIpc) is 2.30. The van der Waals surface area contributed by atoms with Gasteiger partial charge in [-0.3, -0.25) is 15.0 Å². The standard InChI is InChI=1S/C7H10N2O2/c10-6-4-9-5(7(6)11)2-1-3-8-9/h5,8H,1-4H2. The number of hydrogen-bond donors (Lipinski definition) is 1. The molecule has 0 radical (unpaired) electrons. The highest BCUT2D eigenvalue weighted by molar-refractivity contribution is 6.41. The van der Waals surface area contributed by atoms with Crippen LogP contribution in [0.5, 0.6) is 0 Å². The molecule has 2 fully saturated rings. The number of Topliss-reactive ketones (excluding diaryl/α,β-unsaturated/α-hetero) is 2. The van der Waals surface area contributed by atoms with E-state index < -0.39 is 0 Å². The van der Waals surface area contributed by atoms with Crippen LogP contribution < -0.4 is 5.43 Å². The van der Waals surface area contributed by atoms with Gasteiger partial charge in [-0.1, -0.05) is 0 Å². The van der Waals surface area contributed by atoms with E-state index in [1.54, 1.807) is 5.01 Å². The first-order valence-electron chi connectivity index (χ1n) is 3.86. The van der Waals surface area contributed by atoms with Crippen LogP contribution in [0.3, 0.4) is 0 Å². The molecule has 2 saturated heterocycles. The molecule has 0 spiro atoms. The van der Waals surface area contributed by atoms with E-state index in [1.807, 2.05) is 0 Å². The molecule has 0 bridgehead atoms. The maximum atomic E-state index is 11.1. The maximum absolute atomic E-state index is 11.1. The number of nitrogens with zero attached hydrogens (tertiary/aromatic N) is 1. The van der Waals surface area contributed by atoms with Crippen LogP contribution in [-0.2, 0) is 9.59 Å². The van der Waals surface area contributed by atoms with Gasteiger partial charge in [0.15, 0.2) is 0 Å². The number of hydrogen-bond acceptors (Lipinski definition) is 4. The predicted molar refractivity (Wildman–Crippen MR) is 37.7 cm³/mol. The van der Waals surface area contributed by atoms with Crippen molar-refractivity contribution >= 4 is 11.6 Å². The Bertz CT molecular complexity index is 214. The predicted octanol–water partition coefficient (Wildman–Crippen LogP) is -0.893. The number of fused-ring (bicyclic) bond motifs is 1. The molecule has 2 rings (SSSR count). The first kappa shape index (κ1) is 6.94. The van der Waals surface area contributed by atoms with E-state index in [0.29, 0.717) is 0 Å². The molecule has 0 aliphatic carbocycles. The Hall–Kier alpha value is -0.740. The van der Waals surface area contributed by atoms with Crippen molar-refractivity contribution in [2.24, 2.45) is 0 Å². The van der Waals surface area contributed by atoms with Crippen molar-refractivity contribution in [2.45, 2.75) is 18.9 Å². The van der Waals surface area contributed by atoms with Gasteiger partial charge >= 0.3 is 0 Å². The number of carbonyl (C=O) groups excluding carboxylic acids is 2. The highest BCUT2D eigenvalue weighted by Gasteiger charge is 2.40. The smallest absolute Gasteiger partial charge is 0.218 e. The second-order valence-electron chi connectivity index (χ2n) is 2.98. The highest BCUT2D eigenvalue weighted by Crippen LogP contribution is 2.16. The van der Waals surface area contributed by atoms with Crippen LogP contribution in [-0.4, -0.2) is 35.7 Å². The third-order valence-electron chi connectivity index (χ3n) is 2.24. The van der Waals surface area contributed by atoms with Gasteiger partial charge in [0, 0.05) is 6.54 Å². The summed E-state index contributed by atoms with van der Waals surface area (Å²) in [5.74, 6) is -0.457. The van der Waals surface area contributed by atoms with Crippen molar-refractivity contribution in [2.75, 3.05) is 13.1 Å². The molecule has 4 heteroatoms. The van der Waals surface area contributed by atoms with Gasteiger partial charge in [0.1, 0.15) is 0 Å². The summed E-state index contributed by atoms with van der Waals surface area (Å²) in [5, 5.41) is 1.76. The van der Waals surface area contributed by atoms with Crippen molar-refractivity contribution in [1.29, 1.82) is 0 Å². The monoisotopic (exact) mass is 154 g/mol. The third kappa shape index (κ3) is 0.985. The topological polar surface area (TPSA) is 49.4 Å². The molecular formula is C7H10N2O2. The number of carbonyl (C=O) groups is 2. The summed E-state index contributed by atoms with van der Waals surface area (Å²) in [6, 6.07) is -0.156. The number of ketones is 2. The summed E-state index contributed by atoms with van der Waals surface area (Å²) in [6.07, 6.45) is 1.82. The van der Waals surface area contributed by atoms with Gasteiger partial charge in [-0.05, 0) is 12.8 Å². The quantitative estimate of drug-likeness (QED) is 0.460. The highest BCUT2D eigenvalue weighted by atomic mass is 16.2. The molecule has 0 amide bonds. The Kier molecular flexibility index (Phi) is 1.51. The van der Waals surface area contributed by atoms with Crippen LogP contribution in [0.4, 0.5) is 0 Å². The fourth-order valence-electron chi connectivity index (χ4n) is 1.64. The summed E-state index contributed by atoms with van der Waals surface area (Å²) < 4.78 is 0. The van der Waals surface area contributed by atoms with Crippen LogP contribution in [0.2, 0.25) is 0 Å². The Morgan fingerprint density at radius 3 is 3.00 bits per heavy atom. The van der Waals surface area contributed by atoms with Crippen molar-refractivity contribution in [3.05, 3.63) is 0 Å². The molecule has 2 aliphatic rings. The van der Waals surface area contributed by atoms with Gasteiger partial charge in [0.25, 0.3) is 0 Å². The fraction of sp³-hybridized carbons (Fsp3) is 0.714. The Balaban J connectivity index is 2.18. The largest absolute Gasteiger partial charge is 0.289 e. The molecular weight excluding hydrogens is 144 g/mol. The summed E-state index contributed by atoms with van der Waals surface area (Å²) >= 11 is 0. The number of rotatable bonds is 0.